The van der Waals surface area contributed by atoms with Crippen molar-refractivity contribution in [1.82, 2.24) is 4.98 Å². The predicted octanol–water partition coefficient (Wildman–Crippen LogP) is 4.36. The van der Waals surface area contributed by atoms with Gasteiger partial charge in [-0.05, 0) is 48.9 Å². The summed E-state index contributed by atoms with van der Waals surface area (Å²) in [6, 6.07) is 14.1. The van der Waals surface area contributed by atoms with Crippen LogP contribution in [0.3, 0.4) is 0 Å². The van der Waals surface area contributed by atoms with Crippen molar-refractivity contribution in [3.05, 3.63) is 48.0 Å². The first kappa shape index (κ1) is 12.0. The summed E-state index contributed by atoms with van der Waals surface area (Å²) in [7, 11) is 1.66. The zero-order chi connectivity index (χ0) is 13.2. The van der Waals surface area contributed by atoms with Gasteiger partial charge in [0, 0.05) is 5.69 Å². The molecule has 0 saturated heterocycles. The van der Waals surface area contributed by atoms with Crippen molar-refractivity contribution in [1.29, 1.82) is 0 Å². The summed E-state index contributed by atoms with van der Waals surface area (Å²) in [5.74, 6) is 0.852. The molecule has 0 saturated carbocycles. The molecular weight excluding hydrogens is 256 g/mol. The number of hydrogen-bond acceptors (Lipinski definition) is 4. The molecule has 0 aliphatic carbocycles. The molecule has 3 aromatic rings. The maximum atomic E-state index is 5.14. The van der Waals surface area contributed by atoms with E-state index in [1.54, 1.807) is 18.4 Å². The first-order chi connectivity index (χ1) is 9.24. The van der Waals surface area contributed by atoms with Gasteiger partial charge in [-0.2, -0.15) is 0 Å². The lowest BCUT2D eigenvalue weighted by Gasteiger charge is -2.03. The first-order valence-electron chi connectivity index (χ1n) is 6.03. The fraction of sp³-hybridized carbons (Fsp3) is 0.133. The van der Waals surface area contributed by atoms with E-state index >= 15 is 0 Å². The third kappa shape index (κ3) is 2.53. The van der Waals surface area contributed by atoms with E-state index in [1.165, 1.54) is 10.3 Å². The first-order valence-corrected chi connectivity index (χ1v) is 6.84. The highest BCUT2D eigenvalue weighted by atomic mass is 32.1. The number of hydrogen-bond donors (Lipinski definition) is 1. The van der Waals surface area contributed by atoms with Crippen LogP contribution in [0.2, 0.25) is 0 Å². The molecule has 3 rings (SSSR count). The highest BCUT2D eigenvalue weighted by molar-refractivity contribution is 7.22. The Morgan fingerprint density at radius 3 is 2.63 bits per heavy atom. The number of benzene rings is 2. The number of rotatable bonds is 3. The Labute approximate surface area is 115 Å². The van der Waals surface area contributed by atoms with Crippen molar-refractivity contribution in [3.63, 3.8) is 0 Å². The zero-order valence-electron chi connectivity index (χ0n) is 10.8. The Bertz CT molecular complexity index is 704. The number of thiazole rings is 1. The van der Waals surface area contributed by atoms with Crippen molar-refractivity contribution in [2.75, 3.05) is 12.4 Å². The molecular formula is C15H14N2OS. The maximum Gasteiger partial charge on any atom is 0.188 e. The molecule has 96 valence electrons. The van der Waals surface area contributed by atoms with Gasteiger partial charge in [-0.1, -0.05) is 17.4 Å². The van der Waals surface area contributed by atoms with Gasteiger partial charge < -0.3 is 10.1 Å². The van der Waals surface area contributed by atoms with Gasteiger partial charge in [0.05, 0.1) is 17.3 Å². The summed E-state index contributed by atoms with van der Waals surface area (Å²) in [6.45, 7) is 2.09. The zero-order valence-corrected chi connectivity index (χ0v) is 11.6. The number of aryl methyl sites for hydroxylation is 1. The molecule has 1 aromatic heterocycles. The molecule has 19 heavy (non-hydrogen) atoms. The minimum absolute atomic E-state index is 0.852. The van der Waals surface area contributed by atoms with E-state index in [1.807, 2.05) is 24.3 Å². The molecule has 0 fully saturated rings. The van der Waals surface area contributed by atoms with Gasteiger partial charge >= 0.3 is 0 Å². The van der Waals surface area contributed by atoms with E-state index in [0.29, 0.717) is 0 Å². The molecule has 0 bridgehead atoms. The number of aromatic nitrogens is 1. The monoisotopic (exact) mass is 270 g/mol. The fourth-order valence-corrected chi connectivity index (χ4v) is 2.87. The number of ether oxygens (including phenoxy) is 1. The maximum absolute atomic E-state index is 5.14. The Morgan fingerprint density at radius 2 is 1.89 bits per heavy atom. The molecule has 0 aliphatic heterocycles. The lowest BCUT2D eigenvalue weighted by atomic mass is 10.2. The topological polar surface area (TPSA) is 34.1 Å². The van der Waals surface area contributed by atoms with Crippen molar-refractivity contribution < 1.29 is 4.74 Å². The van der Waals surface area contributed by atoms with Crippen molar-refractivity contribution >= 4 is 32.4 Å². The molecule has 3 nitrogen and oxygen atoms in total. The van der Waals surface area contributed by atoms with Crippen LogP contribution in [0.15, 0.2) is 42.5 Å². The second kappa shape index (κ2) is 4.90. The second-order valence-electron chi connectivity index (χ2n) is 4.34. The van der Waals surface area contributed by atoms with Crippen LogP contribution in [0, 0.1) is 6.92 Å². The predicted molar refractivity (Wildman–Crippen MR) is 80.6 cm³/mol. The largest absolute Gasteiger partial charge is 0.497 e. The Morgan fingerprint density at radius 1 is 1.11 bits per heavy atom. The van der Waals surface area contributed by atoms with Crippen molar-refractivity contribution in [3.8, 4) is 5.75 Å². The molecule has 1 heterocycles. The highest BCUT2D eigenvalue weighted by Gasteiger charge is 2.04. The van der Waals surface area contributed by atoms with Crippen LogP contribution >= 0.6 is 11.3 Å². The summed E-state index contributed by atoms with van der Waals surface area (Å²) >= 11 is 1.66. The fourth-order valence-electron chi connectivity index (χ4n) is 1.88. The van der Waals surface area contributed by atoms with Crippen LogP contribution < -0.4 is 10.1 Å². The summed E-state index contributed by atoms with van der Waals surface area (Å²) in [5, 5.41) is 4.22. The lowest BCUT2D eigenvalue weighted by molar-refractivity contribution is 0.415. The molecule has 4 heteroatoms. The third-order valence-electron chi connectivity index (χ3n) is 2.89. The van der Waals surface area contributed by atoms with E-state index in [-0.39, 0.29) is 0 Å². The molecule has 0 spiro atoms. The van der Waals surface area contributed by atoms with Crippen molar-refractivity contribution in [2.45, 2.75) is 6.92 Å². The average molecular weight is 270 g/mol. The number of methoxy groups -OCH3 is 1. The second-order valence-corrected chi connectivity index (χ2v) is 5.37. The van der Waals surface area contributed by atoms with Gasteiger partial charge in [0.15, 0.2) is 5.13 Å². The quantitative estimate of drug-likeness (QED) is 0.768. The molecule has 0 unspecified atom stereocenters. The van der Waals surface area contributed by atoms with E-state index in [2.05, 4.69) is 35.4 Å². The molecule has 1 N–H and O–H groups in total. The van der Waals surface area contributed by atoms with Crippen LogP contribution in [0.1, 0.15) is 5.56 Å². The van der Waals surface area contributed by atoms with Crippen LogP contribution in [-0.2, 0) is 0 Å². The van der Waals surface area contributed by atoms with Crippen LogP contribution in [0.25, 0.3) is 10.2 Å². The molecule has 0 aliphatic rings. The number of nitrogens with one attached hydrogen (secondary N) is 1. The van der Waals surface area contributed by atoms with Crippen LogP contribution in [0.5, 0.6) is 5.75 Å². The van der Waals surface area contributed by atoms with E-state index in [9.17, 15) is 0 Å². The number of fused-ring (bicyclic) bond motifs is 1. The third-order valence-corrected chi connectivity index (χ3v) is 3.82. The minimum atomic E-state index is 0.852. The van der Waals surface area contributed by atoms with Gasteiger partial charge in [-0.15, -0.1) is 0 Å². The molecule has 0 amide bonds. The summed E-state index contributed by atoms with van der Waals surface area (Å²) in [4.78, 5) is 4.57. The van der Waals surface area contributed by atoms with Crippen LogP contribution in [-0.4, -0.2) is 12.1 Å². The van der Waals surface area contributed by atoms with E-state index in [0.717, 1.165) is 22.1 Å². The van der Waals surface area contributed by atoms with Gasteiger partial charge in [-0.25, -0.2) is 4.98 Å². The van der Waals surface area contributed by atoms with Crippen LogP contribution in [0.4, 0.5) is 10.8 Å². The Balaban J connectivity index is 1.87. The minimum Gasteiger partial charge on any atom is -0.497 e. The van der Waals surface area contributed by atoms with E-state index in [4.69, 9.17) is 4.74 Å². The molecule has 0 radical (unpaired) electrons. The Hall–Kier alpha value is -2.07. The van der Waals surface area contributed by atoms with Gasteiger partial charge in [-0.3, -0.25) is 0 Å². The SMILES string of the molecule is COc1ccc(Nc2nc3ccc(C)cc3s2)cc1. The highest BCUT2D eigenvalue weighted by Crippen LogP contribution is 2.29. The summed E-state index contributed by atoms with van der Waals surface area (Å²) in [5.41, 5.74) is 3.30. The van der Waals surface area contributed by atoms with E-state index < -0.39 is 0 Å². The van der Waals surface area contributed by atoms with Gasteiger partial charge in [0.1, 0.15) is 5.75 Å². The molecule has 0 atom stereocenters. The standard InChI is InChI=1S/C15H14N2OS/c1-10-3-8-13-14(9-10)19-15(17-13)16-11-4-6-12(18-2)7-5-11/h3-9H,1-2H3,(H,16,17). The van der Waals surface area contributed by atoms with Gasteiger partial charge in [0.25, 0.3) is 0 Å². The average Bonchev–Trinajstić information content (AvgIpc) is 2.81. The normalized spacial score (nSPS) is 10.6. The lowest BCUT2D eigenvalue weighted by Crippen LogP contribution is -1.89. The molecule has 2 aromatic carbocycles. The number of nitrogens with zero attached hydrogens (tertiary/aromatic N) is 1. The smallest absolute Gasteiger partial charge is 0.188 e. The van der Waals surface area contributed by atoms with Crippen molar-refractivity contribution in [2.24, 2.45) is 0 Å². The van der Waals surface area contributed by atoms with Gasteiger partial charge in [0.2, 0.25) is 0 Å². The summed E-state index contributed by atoms with van der Waals surface area (Å²) < 4.78 is 6.34. The number of anilines is 2. The Kier molecular flexibility index (Phi) is 3.09. The summed E-state index contributed by atoms with van der Waals surface area (Å²) in [6.07, 6.45) is 0.